The van der Waals surface area contributed by atoms with Crippen LogP contribution < -0.4 is 5.32 Å². The van der Waals surface area contributed by atoms with Crippen LogP contribution in [0.5, 0.6) is 0 Å². The molecule has 0 saturated heterocycles. The standard InChI is InChI=1S/C30H24Cl2FN3O/c1-18-5-7-19(8-6-18)26-17-36-28(29(37)34-22-13-14-24(31)25(32)16-22)27(20-9-11-21(33)12-10-20)23-4-2-3-15-35(26)30(23)36/h5-14,16-17H,2-4,15H2,1H3,(H,34,37). The molecule has 3 heterocycles. The zero-order valence-electron chi connectivity index (χ0n) is 20.2. The Bertz CT molecular complexity index is 1650. The van der Waals surface area contributed by atoms with Gasteiger partial charge in [-0.2, -0.15) is 0 Å². The van der Waals surface area contributed by atoms with E-state index in [0.29, 0.717) is 21.4 Å². The van der Waals surface area contributed by atoms with Gasteiger partial charge in [-0.25, -0.2) is 4.39 Å². The van der Waals surface area contributed by atoms with E-state index in [0.717, 1.165) is 59.4 Å². The molecule has 5 aromatic rings. The normalized spacial score (nSPS) is 13.1. The van der Waals surface area contributed by atoms with Crippen molar-refractivity contribution in [2.75, 3.05) is 5.32 Å². The van der Waals surface area contributed by atoms with E-state index in [1.54, 1.807) is 30.3 Å². The van der Waals surface area contributed by atoms with Crippen LogP contribution in [-0.4, -0.2) is 14.9 Å². The first kappa shape index (κ1) is 23.8. The summed E-state index contributed by atoms with van der Waals surface area (Å²) in [5, 5.41) is 3.78. The number of rotatable bonds is 4. The van der Waals surface area contributed by atoms with E-state index >= 15 is 0 Å². The topological polar surface area (TPSA) is 38.4 Å². The molecule has 3 aromatic carbocycles. The van der Waals surface area contributed by atoms with Crippen LogP contribution in [0, 0.1) is 12.7 Å². The average molecular weight is 532 g/mol. The number of nitrogens with zero attached hydrogens (tertiary/aromatic N) is 2. The number of aromatic nitrogens is 2. The zero-order chi connectivity index (χ0) is 25.7. The Balaban J connectivity index is 1.59. The molecule has 37 heavy (non-hydrogen) atoms. The molecule has 1 amide bonds. The molecule has 0 aliphatic carbocycles. The second kappa shape index (κ2) is 9.40. The fourth-order valence-electron chi connectivity index (χ4n) is 5.26. The van der Waals surface area contributed by atoms with E-state index in [1.165, 1.54) is 17.7 Å². The molecule has 1 aliphatic heterocycles. The molecule has 0 atom stereocenters. The summed E-state index contributed by atoms with van der Waals surface area (Å²) in [5.41, 5.74) is 8.16. The fraction of sp³-hybridized carbons (Fsp3) is 0.167. The molecular formula is C30H24Cl2FN3O. The number of aryl methyl sites for hydroxylation is 3. The van der Waals surface area contributed by atoms with Crippen LogP contribution in [0.25, 0.3) is 28.0 Å². The van der Waals surface area contributed by atoms with E-state index in [9.17, 15) is 9.18 Å². The number of hydrogen-bond donors (Lipinski definition) is 1. The fourth-order valence-corrected chi connectivity index (χ4v) is 5.55. The highest BCUT2D eigenvalue weighted by Gasteiger charge is 2.29. The van der Waals surface area contributed by atoms with E-state index in [2.05, 4.69) is 41.1 Å². The van der Waals surface area contributed by atoms with Gasteiger partial charge in [0.15, 0.2) is 0 Å². The smallest absolute Gasteiger partial charge is 0.273 e. The summed E-state index contributed by atoms with van der Waals surface area (Å²) >= 11 is 12.3. The summed E-state index contributed by atoms with van der Waals surface area (Å²) in [6.07, 6.45) is 4.90. The van der Waals surface area contributed by atoms with Crippen LogP contribution >= 0.6 is 23.2 Å². The lowest BCUT2D eigenvalue weighted by Crippen LogP contribution is -2.15. The minimum atomic E-state index is -0.314. The number of anilines is 1. The van der Waals surface area contributed by atoms with Crippen LogP contribution in [0.2, 0.25) is 10.0 Å². The van der Waals surface area contributed by atoms with Crippen molar-refractivity contribution in [3.05, 3.63) is 106 Å². The molecule has 0 bridgehead atoms. The molecule has 7 heteroatoms. The Morgan fingerprint density at radius 3 is 2.38 bits per heavy atom. The van der Waals surface area contributed by atoms with Crippen LogP contribution in [-0.2, 0) is 13.0 Å². The van der Waals surface area contributed by atoms with Gasteiger partial charge in [0.2, 0.25) is 0 Å². The molecule has 2 aromatic heterocycles. The second-order valence-corrected chi connectivity index (χ2v) is 10.3. The van der Waals surface area contributed by atoms with Crippen molar-refractivity contribution in [3.63, 3.8) is 0 Å². The lowest BCUT2D eigenvalue weighted by atomic mass is 9.97. The first-order valence-corrected chi connectivity index (χ1v) is 13.0. The Morgan fingerprint density at radius 2 is 1.65 bits per heavy atom. The summed E-state index contributed by atoms with van der Waals surface area (Å²) in [7, 11) is 0. The average Bonchev–Trinajstić information content (AvgIpc) is 3.30. The first-order chi connectivity index (χ1) is 17.9. The third-order valence-electron chi connectivity index (χ3n) is 7.01. The third-order valence-corrected chi connectivity index (χ3v) is 7.75. The Morgan fingerprint density at radius 1 is 0.919 bits per heavy atom. The third kappa shape index (κ3) is 4.22. The van der Waals surface area contributed by atoms with Crippen molar-refractivity contribution in [3.8, 4) is 22.4 Å². The van der Waals surface area contributed by atoms with Gasteiger partial charge in [0, 0.05) is 29.6 Å². The highest BCUT2D eigenvalue weighted by Crippen LogP contribution is 2.40. The minimum Gasteiger partial charge on any atom is -0.325 e. The van der Waals surface area contributed by atoms with E-state index in [1.807, 2.05) is 10.6 Å². The van der Waals surface area contributed by atoms with Crippen molar-refractivity contribution in [2.24, 2.45) is 0 Å². The van der Waals surface area contributed by atoms with Crippen molar-refractivity contribution in [2.45, 2.75) is 32.7 Å². The molecule has 4 nitrogen and oxygen atoms in total. The monoisotopic (exact) mass is 531 g/mol. The summed E-state index contributed by atoms with van der Waals surface area (Å²) in [4.78, 5) is 13.9. The largest absolute Gasteiger partial charge is 0.325 e. The van der Waals surface area contributed by atoms with Crippen molar-refractivity contribution < 1.29 is 9.18 Å². The second-order valence-electron chi connectivity index (χ2n) is 9.47. The van der Waals surface area contributed by atoms with E-state index in [4.69, 9.17) is 23.2 Å². The maximum absolute atomic E-state index is 13.9. The molecule has 1 aliphatic rings. The summed E-state index contributed by atoms with van der Waals surface area (Å²) in [6, 6.07) is 19.8. The lowest BCUT2D eigenvalue weighted by molar-refractivity contribution is 0.102. The maximum atomic E-state index is 13.9. The molecular weight excluding hydrogens is 508 g/mol. The maximum Gasteiger partial charge on any atom is 0.273 e. The number of nitrogens with one attached hydrogen (secondary N) is 1. The van der Waals surface area contributed by atoms with Gasteiger partial charge in [0.25, 0.3) is 5.91 Å². The van der Waals surface area contributed by atoms with Crippen LogP contribution in [0.15, 0.2) is 72.9 Å². The van der Waals surface area contributed by atoms with Crippen molar-refractivity contribution >= 4 is 40.4 Å². The van der Waals surface area contributed by atoms with Crippen molar-refractivity contribution in [1.29, 1.82) is 0 Å². The quantitative estimate of drug-likeness (QED) is 0.248. The Hall–Kier alpha value is -3.54. The zero-order valence-corrected chi connectivity index (χ0v) is 21.7. The van der Waals surface area contributed by atoms with Gasteiger partial charge in [-0.05, 0) is 67.6 Å². The molecule has 6 rings (SSSR count). The van der Waals surface area contributed by atoms with Gasteiger partial charge in [0.1, 0.15) is 17.2 Å². The predicted molar refractivity (Wildman–Crippen MR) is 148 cm³/mol. The van der Waals surface area contributed by atoms with Gasteiger partial charge in [-0.1, -0.05) is 65.2 Å². The molecule has 0 saturated carbocycles. The number of carbonyl (C=O) groups excluding carboxylic acids is 1. The number of hydrogen-bond acceptors (Lipinski definition) is 1. The summed E-state index contributed by atoms with van der Waals surface area (Å²) < 4.78 is 18.2. The summed E-state index contributed by atoms with van der Waals surface area (Å²) in [6.45, 7) is 2.92. The minimum absolute atomic E-state index is 0.271. The number of halogens is 3. The van der Waals surface area contributed by atoms with Gasteiger partial charge < -0.3 is 9.88 Å². The predicted octanol–water partition coefficient (Wildman–Crippen LogP) is 8.42. The lowest BCUT2D eigenvalue weighted by Gasteiger charge is -2.11. The molecule has 0 fully saturated rings. The first-order valence-electron chi connectivity index (χ1n) is 12.3. The number of carbonyl (C=O) groups is 1. The Labute approximate surface area is 224 Å². The molecule has 0 unspecified atom stereocenters. The highest BCUT2D eigenvalue weighted by atomic mass is 35.5. The molecule has 0 radical (unpaired) electrons. The molecule has 1 N–H and O–H groups in total. The SMILES string of the molecule is Cc1ccc(-c2cn3c(C(=O)Nc4ccc(Cl)c(Cl)c4)c(-c4ccc(F)cc4)c4c3n2CCCC4)cc1. The van der Waals surface area contributed by atoms with Gasteiger partial charge in [-0.15, -0.1) is 0 Å². The highest BCUT2D eigenvalue weighted by molar-refractivity contribution is 6.42. The Kier molecular flexibility index (Phi) is 6.06. The van der Waals surface area contributed by atoms with Crippen LogP contribution in [0.1, 0.15) is 34.5 Å². The summed E-state index contributed by atoms with van der Waals surface area (Å²) in [5.74, 6) is -0.585. The van der Waals surface area contributed by atoms with Crippen molar-refractivity contribution in [1.82, 2.24) is 8.97 Å². The van der Waals surface area contributed by atoms with Crippen LogP contribution in [0.4, 0.5) is 10.1 Å². The number of imidazole rings is 1. The van der Waals surface area contributed by atoms with Gasteiger partial charge in [-0.3, -0.25) is 9.20 Å². The number of benzene rings is 3. The van der Waals surface area contributed by atoms with E-state index in [-0.39, 0.29) is 11.7 Å². The van der Waals surface area contributed by atoms with E-state index < -0.39 is 0 Å². The van der Waals surface area contributed by atoms with Gasteiger partial charge in [0.05, 0.1) is 15.7 Å². The van der Waals surface area contributed by atoms with Gasteiger partial charge >= 0.3 is 0 Å². The number of amides is 1. The molecule has 186 valence electrons. The molecule has 0 spiro atoms. The van der Waals surface area contributed by atoms with Crippen LogP contribution in [0.3, 0.4) is 0 Å².